The number of thiazole rings is 1. The number of hydrogen-bond donors (Lipinski definition) is 1. The van der Waals surface area contributed by atoms with Gasteiger partial charge in [-0.1, -0.05) is 13.0 Å². The third-order valence-electron chi connectivity index (χ3n) is 2.67. The number of nitrogens with one attached hydrogen (secondary N) is 1. The summed E-state index contributed by atoms with van der Waals surface area (Å²) in [5, 5.41) is 8.25. The van der Waals surface area contributed by atoms with Gasteiger partial charge < -0.3 is 5.32 Å². The molecule has 0 amide bonds. The van der Waals surface area contributed by atoms with Gasteiger partial charge in [0.2, 0.25) is 0 Å². The van der Waals surface area contributed by atoms with Crippen molar-refractivity contribution in [2.45, 2.75) is 26.4 Å². The molecule has 0 fully saturated rings. The van der Waals surface area contributed by atoms with Gasteiger partial charge in [-0.15, -0.1) is 17.9 Å². The second-order valence-electron chi connectivity index (χ2n) is 4.08. The molecular formula is C13H15BrN4OS. The van der Waals surface area contributed by atoms with Crippen LogP contribution in [0.15, 0.2) is 34.3 Å². The highest BCUT2D eigenvalue weighted by atomic mass is 79.9. The van der Waals surface area contributed by atoms with Crippen LogP contribution in [0.3, 0.4) is 0 Å². The number of aromatic nitrogens is 3. The molecule has 0 aliphatic heterocycles. The Labute approximate surface area is 129 Å². The number of hydrogen-bond acceptors (Lipinski definition) is 5. The first-order valence-corrected chi connectivity index (χ1v) is 7.80. The van der Waals surface area contributed by atoms with Gasteiger partial charge in [-0.25, -0.2) is 9.67 Å². The molecule has 0 bridgehead atoms. The van der Waals surface area contributed by atoms with Crippen molar-refractivity contribution >= 4 is 33.0 Å². The summed E-state index contributed by atoms with van der Waals surface area (Å²) in [6.45, 7) is 6.67. The van der Waals surface area contributed by atoms with Crippen LogP contribution in [-0.4, -0.2) is 14.8 Å². The minimum absolute atomic E-state index is 0.178. The lowest BCUT2D eigenvalue weighted by Gasteiger charge is -2.08. The summed E-state index contributed by atoms with van der Waals surface area (Å²) in [7, 11) is 0. The van der Waals surface area contributed by atoms with Crippen LogP contribution in [0.1, 0.15) is 16.8 Å². The molecule has 2 aromatic rings. The highest BCUT2D eigenvalue weighted by Gasteiger charge is 2.08. The average molecular weight is 355 g/mol. The first-order valence-electron chi connectivity index (χ1n) is 6.19. The molecule has 0 unspecified atom stereocenters. The second kappa shape index (κ2) is 6.81. The summed E-state index contributed by atoms with van der Waals surface area (Å²) in [5.74, 6) is 0. The van der Waals surface area contributed by atoms with Gasteiger partial charge in [0.15, 0.2) is 0 Å². The van der Waals surface area contributed by atoms with Crippen LogP contribution in [0.2, 0.25) is 0 Å². The second-order valence-corrected chi connectivity index (χ2v) is 6.07. The van der Waals surface area contributed by atoms with E-state index in [4.69, 9.17) is 0 Å². The van der Waals surface area contributed by atoms with Gasteiger partial charge in [0, 0.05) is 11.1 Å². The van der Waals surface area contributed by atoms with Crippen molar-refractivity contribution in [1.29, 1.82) is 0 Å². The van der Waals surface area contributed by atoms with Gasteiger partial charge in [0.25, 0.3) is 5.56 Å². The Morgan fingerprint density at radius 1 is 1.55 bits per heavy atom. The number of rotatable bonds is 6. The molecule has 0 aliphatic rings. The van der Waals surface area contributed by atoms with E-state index < -0.39 is 0 Å². The smallest absolute Gasteiger partial charge is 0.283 e. The fraction of sp³-hybridized carbons (Fsp3) is 0.308. The van der Waals surface area contributed by atoms with Crippen LogP contribution in [0.5, 0.6) is 0 Å². The number of allylic oxidation sites excluding steroid dienone is 1. The topological polar surface area (TPSA) is 59.8 Å². The molecule has 0 radical (unpaired) electrons. The highest BCUT2D eigenvalue weighted by Crippen LogP contribution is 2.19. The van der Waals surface area contributed by atoms with Crippen LogP contribution in [0, 0.1) is 0 Å². The molecule has 0 spiro atoms. The minimum atomic E-state index is -0.178. The Kier molecular flexibility index (Phi) is 5.08. The molecule has 0 atom stereocenters. The van der Waals surface area contributed by atoms with Gasteiger partial charge in [0.1, 0.15) is 9.48 Å². The highest BCUT2D eigenvalue weighted by molar-refractivity contribution is 9.10. The summed E-state index contributed by atoms with van der Waals surface area (Å²) in [6.07, 6.45) is 6.14. The van der Waals surface area contributed by atoms with Crippen molar-refractivity contribution in [3.63, 3.8) is 0 Å². The average Bonchev–Trinajstić information content (AvgIpc) is 2.91. The molecule has 7 heteroatoms. The van der Waals surface area contributed by atoms with E-state index in [0.717, 1.165) is 11.4 Å². The quantitative estimate of drug-likeness (QED) is 0.810. The van der Waals surface area contributed by atoms with Gasteiger partial charge in [0.05, 0.1) is 25.0 Å². The van der Waals surface area contributed by atoms with E-state index in [-0.39, 0.29) is 5.56 Å². The minimum Gasteiger partial charge on any atom is -0.376 e. The van der Waals surface area contributed by atoms with Crippen LogP contribution < -0.4 is 10.9 Å². The molecule has 5 nitrogen and oxygen atoms in total. The lowest BCUT2D eigenvalue weighted by molar-refractivity contribution is 0.649. The van der Waals surface area contributed by atoms with E-state index in [9.17, 15) is 4.79 Å². The zero-order chi connectivity index (χ0) is 14.5. The first kappa shape index (κ1) is 14.9. The predicted molar refractivity (Wildman–Crippen MR) is 85.2 cm³/mol. The maximum absolute atomic E-state index is 12.0. The van der Waals surface area contributed by atoms with E-state index >= 15 is 0 Å². The Hall–Kier alpha value is -1.47. The summed E-state index contributed by atoms with van der Waals surface area (Å²) in [5.41, 5.74) is 0.492. The third kappa shape index (κ3) is 3.34. The maximum Gasteiger partial charge on any atom is 0.283 e. The Bertz CT molecular complexity index is 665. The number of halogens is 1. The largest absolute Gasteiger partial charge is 0.376 e. The van der Waals surface area contributed by atoms with E-state index in [0.29, 0.717) is 23.2 Å². The maximum atomic E-state index is 12.0. The van der Waals surface area contributed by atoms with Crippen molar-refractivity contribution in [2.75, 3.05) is 5.32 Å². The third-order valence-corrected chi connectivity index (χ3v) is 4.57. The van der Waals surface area contributed by atoms with Crippen LogP contribution in [-0.2, 0) is 19.5 Å². The van der Waals surface area contributed by atoms with Crippen LogP contribution in [0.4, 0.5) is 5.69 Å². The van der Waals surface area contributed by atoms with Crippen LogP contribution >= 0.6 is 27.3 Å². The number of nitrogens with zero attached hydrogens (tertiary/aromatic N) is 3. The fourth-order valence-electron chi connectivity index (χ4n) is 1.60. The Morgan fingerprint density at radius 3 is 3.00 bits per heavy atom. The Balaban J connectivity index is 2.11. The van der Waals surface area contributed by atoms with Gasteiger partial charge in [-0.3, -0.25) is 4.79 Å². The van der Waals surface area contributed by atoms with E-state index in [2.05, 4.69) is 44.8 Å². The molecular weight excluding hydrogens is 340 g/mol. The summed E-state index contributed by atoms with van der Waals surface area (Å²) in [6, 6.07) is 0. The lowest BCUT2D eigenvalue weighted by Crippen LogP contribution is -2.23. The summed E-state index contributed by atoms with van der Waals surface area (Å²) >= 11 is 4.97. The molecule has 2 heterocycles. The summed E-state index contributed by atoms with van der Waals surface area (Å²) < 4.78 is 1.82. The van der Waals surface area contributed by atoms with Crippen molar-refractivity contribution in [1.82, 2.24) is 14.8 Å². The molecule has 20 heavy (non-hydrogen) atoms. The zero-order valence-electron chi connectivity index (χ0n) is 11.1. The first-order chi connectivity index (χ1) is 9.65. The monoisotopic (exact) mass is 354 g/mol. The molecule has 1 N–H and O–H groups in total. The van der Waals surface area contributed by atoms with Gasteiger partial charge >= 0.3 is 0 Å². The molecule has 0 saturated carbocycles. The molecule has 0 aliphatic carbocycles. The van der Waals surface area contributed by atoms with Crippen molar-refractivity contribution in [2.24, 2.45) is 0 Å². The van der Waals surface area contributed by atoms with Crippen molar-refractivity contribution < 1.29 is 0 Å². The standard InChI is InChI=1S/C13H15BrN4OS/c1-3-5-18-13(19)12(14)10(7-17-18)15-8-11-16-6-9(4-2)20-11/h3,6-7,15H,1,4-5,8H2,2H3. The van der Waals surface area contributed by atoms with Crippen molar-refractivity contribution in [3.05, 3.63) is 49.8 Å². The predicted octanol–water partition coefficient (Wildman–Crippen LogP) is 2.82. The molecule has 2 rings (SSSR count). The number of anilines is 1. The van der Waals surface area contributed by atoms with E-state index in [1.165, 1.54) is 9.56 Å². The zero-order valence-corrected chi connectivity index (χ0v) is 13.5. The summed E-state index contributed by atoms with van der Waals surface area (Å²) in [4.78, 5) is 17.6. The Morgan fingerprint density at radius 2 is 2.35 bits per heavy atom. The van der Waals surface area contributed by atoms with Crippen LogP contribution in [0.25, 0.3) is 0 Å². The normalized spacial score (nSPS) is 10.5. The van der Waals surface area contributed by atoms with Gasteiger partial charge in [-0.2, -0.15) is 5.10 Å². The molecule has 0 saturated heterocycles. The van der Waals surface area contributed by atoms with E-state index in [1.807, 2.05) is 6.20 Å². The fourth-order valence-corrected chi connectivity index (χ4v) is 2.85. The molecule has 106 valence electrons. The SMILES string of the molecule is C=CCn1ncc(NCc2ncc(CC)s2)c(Br)c1=O. The number of aryl methyl sites for hydroxylation is 1. The molecule has 0 aromatic carbocycles. The van der Waals surface area contributed by atoms with Gasteiger partial charge in [-0.05, 0) is 22.4 Å². The lowest BCUT2D eigenvalue weighted by atomic mass is 10.4. The molecule has 2 aromatic heterocycles. The van der Waals surface area contributed by atoms with Crippen molar-refractivity contribution in [3.8, 4) is 0 Å². The van der Waals surface area contributed by atoms with E-state index in [1.54, 1.807) is 23.6 Å².